The van der Waals surface area contributed by atoms with E-state index < -0.39 is 0 Å². The molecule has 1 saturated heterocycles. The van der Waals surface area contributed by atoms with Gasteiger partial charge in [0.2, 0.25) is 0 Å². The first-order chi connectivity index (χ1) is 7.25. The number of nitrogens with one attached hydrogen (secondary N) is 4. The van der Waals surface area contributed by atoms with Crippen LogP contribution in [0.25, 0.3) is 0 Å². The van der Waals surface area contributed by atoms with Gasteiger partial charge in [-0.3, -0.25) is 5.43 Å². The Bertz CT molecular complexity index is 341. The van der Waals surface area contributed by atoms with Crippen LogP contribution in [0.4, 0.5) is 10.5 Å². The van der Waals surface area contributed by atoms with Crippen molar-refractivity contribution in [1.29, 1.82) is 0 Å². The fourth-order valence-corrected chi connectivity index (χ4v) is 1.44. The summed E-state index contributed by atoms with van der Waals surface area (Å²) < 4.78 is 0. The predicted molar refractivity (Wildman–Crippen MR) is 58.1 cm³/mol. The second-order valence-corrected chi connectivity index (χ2v) is 3.52. The van der Waals surface area contributed by atoms with E-state index in [9.17, 15) is 4.79 Å². The molecule has 1 fully saturated rings. The molecule has 0 spiro atoms. The lowest BCUT2D eigenvalue weighted by Gasteiger charge is -2.32. The normalized spacial score (nSPS) is 25.3. The average molecular weight is 206 g/mol. The third-order valence-corrected chi connectivity index (χ3v) is 2.30. The summed E-state index contributed by atoms with van der Waals surface area (Å²) in [6.45, 7) is 1.98. The number of carbonyl (C=O) groups excluding carboxylic acids is 1. The van der Waals surface area contributed by atoms with Crippen LogP contribution in [-0.2, 0) is 0 Å². The maximum atomic E-state index is 11.1. The van der Waals surface area contributed by atoms with E-state index in [0.29, 0.717) is 0 Å². The molecule has 2 amide bonds. The molecule has 0 bridgehead atoms. The Morgan fingerprint density at radius 3 is 2.73 bits per heavy atom. The number of carbonyl (C=O) groups is 1. The van der Waals surface area contributed by atoms with Gasteiger partial charge in [0.05, 0.1) is 6.04 Å². The molecule has 5 heteroatoms. The highest BCUT2D eigenvalue weighted by atomic mass is 16.2. The number of rotatable bonds is 2. The molecule has 0 aromatic heterocycles. The van der Waals surface area contributed by atoms with Gasteiger partial charge in [0.25, 0.3) is 0 Å². The minimum atomic E-state index is -0.221. The van der Waals surface area contributed by atoms with Crippen molar-refractivity contribution in [3.8, 4) is 0 Å². The number of urea groups is 1. The standard InChI is InChI=1S/C10H14N4O/c1-7-9(12-10(15)14-13-7)11-8-5-3-2-4-6-8/h2-7,9,11,13H,1H3,(H2,12,14,15). The molecule has 2 unspecified atom stereocenters. The van der Waals surface area contributed by atoms with Gasteiger partial charge in [-0.2, -0.15) is 0 Å². The molecule has 5 nitrogen and oxygen atoms in total. The monoisotopic (exact) mass is 206 g/mol. The highest BCUT2D eigenvalue weighted by molar-refractivity contribution is 5.75. The SMILES string of the molecule is CC1NNC(=O)NC1Nc1ccccc1. The number of hydrogen-bond acceptors (Lipinski definition) is 3. The van der Waals surface area contributed by atoms with Crippen molar-refractivity contribution < 1.29 is 4.79 Å². The van der Waals surface area contributed by atoms with Crippen LogP contribution < -0.4 is 21.5 Å². The number of hydrazine groups is 1. The molecule has 80 valence electrons. The highest BCUT2D eigenvalue weighted by Gasteiger charge is 2.23. The molecular weight excluding hydrogens is 192 g/mol. The van der Waals surface area contributed by atoms with Gasteiger partial charge in [-0.25, -0.2) is 10.2 Å². The van der Waals surface area contributed by atoms with Gasteiger partial charge in [-0.1, -0.05) is 18.2 Å². The van der Waals surface area contributed by atoms with E-state index in [1.54, 1.807) is 0 Å². The number of amides is 2. The molecule has 0 radical (unpaired) electrons. The predicted octanol–water partition coefficient (Wildman–Crippen LogP) is 0.630. The lowest BCUT2D eigenvalue weighted by atomic mass is 10.2. The van der Waals surface area contributed by atoms with E-state index in [1.165, 1.54) is 0 Å². The minimum Gasteiger partial charge on any atom is -0.364 e. The van der Waals surface area contributed by atoms with E-state index in [0.717, 1.165) is 5.69 Å². The van der Waals surface area contributed by atoms with Gasteiger partial charge in [-0.05, 0) is 19.1 Å². The molecular formula is C10H14N4O. The second-order valence-electron chi connectivity index (χ2n) is 3.52. The topological polar surface area (TPSA) is 65.2 Å². The lowest BCUT2D eigenvalue weighted by molar-refractivity contribution is 0.214. The number of benzene rings is 1. The molecule has 1 aromatic rings. The van der Waals surface area contributed by atoms with E-state index >= 15 is 0 Å². The number of anilines is 1. The van der Waals surface area contributed by atoms with Gasteiger partial charge in [-0.15, -0.1) is 0 Å². The van der Waals surface area contributed by atoms with Crippen molar-refractivity contribution in [1.82, 2.24) is 16.2 Å². The molecule has 0 aliphatic carbocycles. The van der Waals surface area contributed by atoms with E-state index in [1.807, 2.05) is 37.3 Å². The van der Waals surface area contributed by atoms with Crippen LogP contribution >= 0.6 is 0 Å². The first-order valence-electron chi connectivity index (χ1n) is 4.89. The zero-order valence-electron chi connectivity index (χ0n) is 8.45. The molecule has 15 heavy (non-hydrogen) atoms. The molecule has 1 aliphatic heterocycles. The Morgan fingerprint density at radius 1 is 1.27 bits per heavy atom. The molecule has 1 aromatic carbocycles. The van der Waals surface area contributed by atoms with E-state index in [2.05, 4.69) is 21.5 Å². The van der Waals surface area contributed by atoms with Crippen molar-refractivity contribution in [2.45, 2.75) is 19.1 Å². The summed E-state index contributed by atoms with van der Waals surface area (Å²) in [6.07, 6.45) is -0.110. The largest absolute Gasteiger partial charge is 0.364 e. The fourth-order valence-electron chi connectivity index (χ4n) is 1.44. The van der Waals surface area contributed by atoms with Crippen molar-refractivity contribution in [2.75, 3.05) is 5.32 Å². The molecule has 2 atom stereocenters. The Morgan fingerprint density at radius 2 is 2.00 bits per heavy atom. The quantitative estimate of drug-likeness (QED) is 0.574. The van der Waals surface area contributed by atoms with Gasteiger partial charge >= 0.3 is 6.03 Å². The molecule has 1 heterocycles. The summed E-state index contributed by atoms with van der Waals surface area (Å²) in [5.74, 6) is 0. The van der Waals surface area contributed by atoms with Crippen LogP contribution in [0.1, 0.15) is 6.92 Å². The van der Waals surface area contributed by atoms with Crippen LogP contribution in [0.2, 0.25) is 0 Å². The minimum absolute atomic E-state index is 0.110. The van der Waals surface area contributed by atoms with Crippen molar-refractivity contribution >= 4 is 11.7 Å². The van der Waals surface area contributed by atoms with Crippen LogP contribution in [-0.4, -0.2) is 18.2 Å². The first-order valence-corrected chi connectivity index (χ1v) is 4.89. The first kappa shape index (κ1) is 9.79. The molecule has 1 aliphatic rings. The Kier molecular flexibility index (Phi) is 2.73. The van der Waals surface area contributed by atoms with Crippen molar-refractivity contribution in [3.05, 3.63) is 30.3 Å². The van der Waals surface area contributed by atoms with Crippen molar-refractivity contribution in [2.24, 2.45) is 0 Å². The zero-order chi connectivity index (χ0) is 10.7. The number of para-hydroxylation sites is 1. The van der Waals surface area contributed by atoms with Crippen molar-refractivity contribution in [3.63, 3.8) is 0 Å². The summed E-state index contributed by atoms with van der Waals surface area (Å²) in [7, 11) is 0. The Labute approximate surface area is 88.2 Å². The smallest absolute Gasteiger partial charge is 0.330 e. The molecule has 0 saturated carbocycles. The van der Waals surface area contributed by atoms with Crippen LogP contribution in [0, 0.1) is 0 Å². The lowest BCUT2D eigenvalue weighted by Crippen LogP contribution is -2.65. The average Bonchev–Trinajstić information content (AvgIpc) is 2.25. The van der Waals surface area contributed by atoms with Gasteiger partial charge < -0.3 is 10.6 Å². The number of hydrogen-bond donors (Lipinski definition) is 4. The third-order valence-electron chi connectivity index (χ3n) is 2.30. The van der Waals surface area contributed by atoms with E-state index in [-0.39, 0.29) is 18.2 Å². The summed E-state index contributed by atoms with van der Waals surface area (Å²) in [6, 6.07) is 9.66. The van der Waals surface area contributed by atoms with Crippen LogP contribution in [0.3, 0.4) is 0 Å². The fraction of sp³-hybridized carbons (Fsp3) is 0.300. The maximum Gasteiger partial charge on any atom is 0.330 e. The Hall–Kier alpha value is -1.75. The molecule has 4 N–H and O–H groups in total. The second kappa shape index (κ2) is 4.18. The summed E-state index contributed by atoms with van der Waals surface area (Å²) in [4.78, 5) is 11.1. The van der Waals surface area contributed by atoms with Gasteiger partial charge in [0.15, 0.2) is 0 Å². The van der Waals surface area contributed by atoms with E-state index in [4.69, 9.17) is 0 Å². The zero-order valence-corrected chi connectivity index (χ0v) is 8.45. The Balaban J connectivity index is 2.01. The highest BCUT2D eigenvalue weighted by Crippen LogP contribution is 2.08. The maximum absolute atomic E-state index is 11.1. The third kappa shape index (κ3) is 2.38. The van der Waals surface area contributed by atoms with Crippen LogP contribution in [0.15, 0.2) is 30.3 Å². The summed E-state index contributed by atoms with van der Waals surface area (Å²) >= 11 is 0. The molecule has 2 rings (SSSR count). The van der Waals surface area contributed by atoms with Gasteiger partial charge in [0.1, 0.15) is 6.17 Å². The van der Waals surface area contributed by atoms with Crippen LogP contribution in [0.5, 0.6) is 0 Å². The summed E-state index contributed by atoms with van der Waals surface area (Å²) in [5.41, 5.74) is 6.37. The summed E-state index contributed by atoms with van der Waals surface area (Å²) in [5, 5.41) is 6.02. The van der Waals surface area contributed by atoms with Gasteiger partial charge in [0, 0.05) is 5.69 Å².